The Labute approximate surface area is 152 Å². The van der Waals surface area contributed by atoms with Gasteiger partial charge in [-0.15, -0.1) is 0 Å². The zero-order valence-electron chi connectivity index (χ0n) is 19.1. The van der Waals surface area contributed by atoms with Crippen LogP contribution < -0.4 is 0 Å². The summed E-state index contributed by atoms with van der Waals surface area (Å²) < 4.78 is 0. The van der Waals surface area contributed by atoms with E-state index in [1.165, 1.54) is 57.8 Å². The average molecular weight is 331 g/mol. The molecule has 0 spiro atoms. The van der Waals surface area contributed by atoms with Gasteiger partial charge in [0.05, 0.1) is 0 Å². The van der Waals surface area contributed by atoms with Crippen LogP contribution in [0.4, 0.5) is 0 Å². The van der Waals surface area contributed by atoms with Gasteiger partial charge in [0, 0.05) is 0 Å². The van der Waals surface area contributed by atoms with Gasteiger partial charge in [-0.1, -0.05) is 134 Å². The van der Waals surface area contributed by atoms with Gasteiger partial charge in [0.15, 0.2) is 0 Å². The number of rotatable bonds is 9. The Kier molecular flexibility index (Phi) is 40.1. The van der Waals surface area contributed by atoms with E-state index in [0.717, 1.165) is 17.8 Å². The minimum atomic E-state index is 0.847. The first kappa shape index (κ1) is 30.8. The molecule has 0 aliphatic carbocycles. The molecule has 0 saturated carbocycles. The maximum Gasteiger partial charge on any atom is -0.0394 e. The molecule has 0 rings (SSSR count). The molecule has 0 heterocycles. The lowest BCUT2D eigenvalue weighted by atomic mass is 9.85. The van der Waals surface area contributed by atoms with E-state index in [0.29, 0.717) is 0 Å². The van der Waals surface area contributed by atoms with Gasteiger partial charge in [0.1, 0.15) is 0 Å². The summed E-state index contributed by atoms with van der Waals surface area (Å²) in [5.74, 6) is 2.62. The quantitative estimate of drug-likeness (QED) is 0.369. The van der Waals surface area contributed by atoms with Crippen LogP contribution in [0, 0.1) is 17.8 Å². The van der Waals surface area contributed by atoms with Gasteiger partial charge in [0.25, 0.3) is 0 Å². The summed E-state index contributed by atoms with van der Waals surface area (Å²) in [4.78, 5) is 0. The highest BCUT2D eigenvalue weighted by atomic mass is 14.2. The molecule has 146 valence electrons. The fourth-order valence-electron chi connectivity index (χ4n) is 2.03. The van der Waals surface area contributed by atoms with Crippen LogP contribution in [0.15, 0.2) is 0 Å². The molecule has 0 N–H and O–H groups in total. The summed E-state index contributed by atoms with van der Waals surface area (Å²) >= 11 is 0. The number of hydrogen-bond donors (Lipinski definition) is 0. The summed E-state index contributed by atoms with van der Waals surface area (Å²) in [6.07, 6.45) is 12.4. The normalized spacial score (nSPS) is 12.0. The van der Waals surface area contributed by atoms with Gasteiger partial charge in [-0.3, -0.25) is 0 Å². The van der Waals surface area contributed by atoms with Crippen molar-refractivity contribution >= 4 is 0 Å². The molecule has 2 unspecified atom stereocenters. The molecule has 2 atom stereocenters. The maximum atomic E-state index is 2.35. The zero-order chi connectivity index (χ0) is 19.1. The minimum absolute atomic E-state index is 0.847. The van der Waals surface area contributed by atoms with Crippen LogP contribution in [-0.2, 0) is 0 Å². The largest absolute Gasteiger partial charge is 0.0683 e. The van der Waals surface area contributed by atoms with Crippen molar-refractivity contribution in [2.24, 2.45) is 17.8 Å². The molecule has 0 aliphatic rings. The molecule has 0 saturated heterocycles. The van der Waals surface area contributed by atoms with E-state index in [2.05, 4.69) is 62.3 Å². The summed E-state index contributed by atoms with van der Waals surface area (Å²) in [5.41, 5.74) is 0. The van der Waals surface area contributed by atoms with Crippen LogP contribution in [-0.4, -0.2) is 0 Å². The lowest BCUT2D eigenvalue weighted by Crippen LogP contribution is -2.12. The molecule has 0 fully saturated rings. The molecule has 0 aliphatic heterocycles. The standard InChI is InChI=1S/C9H20.2C6H14.C2H6/c1-6-8(4)9(5)7(2)3;2*1-3-5-6-4-2;1-2/h7-9H,6H2,1-5H3;2*3-6H2,1-2H3;1-2H3. The Morgan fingerprint density at radius 2 is 0.783 bits per heavy atom. The fraction of sp³-hybridized carbons (Fsp3) is 1.00. The molecule has 0 bridgehead atoms. The van der Waals surface area contributed by atoms with Crippen molar-refractivity contribution in [1.82, 2.24) is 0 Å². The molecule has 0 aromatic heterocycles. The van der Waals surface area contributed by atoms with Crippen molar-refractivity contribution in [1.29, 1.82) is 0 Å². The molecule has 0 heteroatoms. The Bertz CT molecular complexity index is 132. The third-order valence-electron chi connectivity index (χ3n) is 4.51. The topological polar surface area (TPSA) is 0 Å². The second kappa shape index (κ2) is 29.9. The minimum Gasteiger partial charge on any atom is -0.0683 e. The first-order valence-corrected chi connectivity index (χ1v) is 10.9. The highest BCUT2D eigenvalue weighted by Gasteiger charge is 2.12. The summed E-state index contributed by atoms with van der Waals surface area (Å²) in [7, 11) is 0. The van der Waals surface area contributed by atoms with E-state index in [4.69, 9.17) is 0 Å². The Morgan fingerprint density at radius 1 is 0.522 bits per heavy atom. The van der Waals surface area contributed by atoms with Crippen LogP contribution in [0.25, 0.3) is 0 Å². The molecular weight excluding hydrogens is 276 g/mol. The summed E-state index contributed by atoms with van der Waals surface area (Å²) in [5, 5.41) is 0. The lowest BCUT2D eigenvalue weighted by molar-refractivity contribution is 0.289. The molecular formula is C23H54. The highest BCUT2D eigenvalue weighted by Crippen LogP contribution is 2.21. The SMILES string of the molecule is CC.CCC(C)C(C)C(C)C.CCCCCC.CCCCCC. The van der Waals surface area contributed by atoms with E-state index in [1.807, 2.05) is 13.8 Å². The van der Waals surface area contributed by atoms with Gasteiger partial charge < -0.3 is 0 Å². The van der Waals surface area contributed by atoms with Gasteiger partial charge in [-0.25, -0.2) is 0 Å². The highest BCUT2D eigenvalue weighted by molar-refractivity contribution is 4.62. The van der Waals surface area contributed by atoms with Crippen LogP contribution in [0.2, 0.25) is 0 Å². The fourth-order valence-corrected chi connectivity index (χ4v) is 2.03. The second-order valence-electron chi connectivity index (χ2n) is 6.90. The van der Waals surface area contributed by atoms with Crippen LogP contribution >= 0.6 is 0 Å². The van der Waals surface area contributed by atoms with Crippen LogP contribution in [0.1, 0.15) is 134 Å². The second-order valence-corrected chi connectivity index (χ2v) is 6.90. The van der Waals surface area contributed by atoms with Crippen LogP contribution in [0.3, 0.4) is 0 Å². The Hall–Kier alpha value is 0. The first-order chi connectivity index (χ1) is 10.9. The molecule has 0 aromatic rings. The van der Waals surface area contributed by atoms with E-state index in [1.54, 1.807) is 0 Å². The monoisotopic (exact) mass is 330 g/mol. The lowest BCUT2D eigenvalue weighted by Gasteiger charge is -2.21. The predicted molar refractivity (Wildman–Crippen MR) is 114 cm³/mol. The summed E-state index contributed by atoms with van der Waals surface area (Å²) in [6.45, 7) is 24.5. The number of hydrogen-bond acceptors (Lipinski definition) is 0. The smallest absolute Gasteiger partial charge is 0.0394 e. The third-order valence-corrected chi connectivity index (χ3v) is 4.51. The van der Waals surface area contributed by atoms with E-state index in [-0.39, 0.29) is 0 Å². The van der Waals surface area contributed by atoms with Crippen molar-refractivity contribution in [3.63, 3.8) is 0 Å². The van der Waals surface area contributed by atoms with E-state index >= 15 is 0 Å². The Morgan fingerprint density at radius 3 is 0.870 bits per heavy atom. The summed E-state index contributed by atoms with van der Waals surface area (Å²) in [6, 6.07) is 0. The first-order valence-electron chi connectivity index (χ1n) is 10.9. The molecule has 23 heavy (non-hydrogen) atoms. The molecule has 0 aromatic carbocycles. The Balaban J connectivity index is -0.000000115. The van der Waals surface area contributed by atoms with Gasteiger partial charge in [-0.2, -0.15) is 0 Å². The van der Waals surface area contributed by atoms with Gasteiger partial charge in [-0.05, 0) is 17.8 Å². The van der Waals surface area contributed by atoms with Gasteiger partial charge in [0.2, 0.25) is 0 Å². The third kappa shape index (κ3) is 34.4. The van der Waals surface area contributed by atoms with Crippen LogP contribution in [0.5, 0.6) is 0 Å². The van der Waals surface area contributed by atoms with Crippen molar-refractivity contribution in [3.05, 3.63) is 0 Å². The number of unbranched alkanes of at least 4 members (excludes halogenated alkanes) is 6. The van der Waals surface area contributed by atoms with Crippen molar-refractivity contribution < 1.29 is 0 Å². The van der Waals surface area contributed by atoms with Crippen molar-refractivity contribution in [3.8, 4) is 0 Å². The predicted octanol–water partition coefficient (Wildman–Crippen LogP) is 9.52. The van der Waals surface area contributed by atoms with Crippen molar-refractivity contribution in [2.45, 2.75) is 134 Å². The molecule has 0 amide bonds. The van der Waals surface area contributed by atoms with E-state index in [9.17, 15) is 0 Å². The molecule has 0 nitrogen and oxygen atoms in total. The van der Waals surface area contributed by atoms with Gasteiger partial charge >= 0.3 is 0 Å². The average Bonchev–Trinajstić information content (AvgIpc) is 2.59. The van der Waals surface area contributed by atoms with Crippen molar-refractivity contribution in [2.75, 3.05) is 0 Å². The van der Waals surface area contributed by atoms with E-state index < -0.39 is 0 Å². The molecule has 0 radical (unpaired) electrons. The zero-order valence-corrected chi connectivity index (χ0v) is 19.1. The maximum absolute atomic E-state index is 2.35.